The van der Waals surface area contributed by atoms with E-state index >= 15 is 0 Å². The second-order valence-electron chi connectivity index (χ2n) is 7.02. The first-order valence-corrected chi connectivity index (χ1v) is 8.94. The summed E-state index contributed by atoms with van der Waals surface area (Å²) < 4.78 is 5.87. The van der Waals surface area contributed by atoms with Crippen molar-refractivity contribution in [2.75, 3.05) is 13.2 Å². The molecule has 1 fully saturated rings. The highest BCUT2D eigenvalue weighted by Gasteiger charge is 2.55. The highest BCUT2D eigenvalue weighted by Crippen LogP contribution is 2.41. The Morgan fingerprint density at radius 1 is 1.08 bits per heavy atom. The summed E-state index contributed by atoms with van der Waals surface area (Å²) >= 11 is 0. The van der Waals surface area contributed by atoms with Crippen molar-refractivity contribution in [3.8, 4) is 5.75 Å². The van der Waals surface area contributed by atoms with Gasteiger partial charge in [-0.2, -0.15) is 0 Å². The first-order chi connectivity index (χ1) is 12.5. The molecule has 2 aromatic rings. The van der Waals surface area contributed by atoms with Gasteiger partial charge in [-0.05, 0) is 48.9 Å². The van der Waals surface area contributed by atoms with E-state index in [-0.39, 0.29) is 25.1 Å². The van der Waals surface area contributed by atoms with Crippen LogP contribution in [-0.4, -0.2) is 30.0 Å². The molecule has 0 bridgehead atoms. The minimum atomic E-state index is -0.897. The molecule has 1 saturated heterocycles. The second-order valence-corrected chi connectivity index (χ2v) is 7.02. The van der Waals surface area contributed by atoms with Crippen molar-refractivity contribution < 1.29 is 14.3 Å². The van der Waals surface area contributed by atoms with Gasteiger partial charge in [0.25, 0.3) is 5.91 Å². The lowest BCUT2D eigenvalue weighted by Crippen LogP contribution is -2.42. The molecule has 1 N–H and O–H groups in total. The predicted octanol–water partition coefficient (Wildman–Crippen LogP) is 3.08. The van der Waals surface area contributed by atoms with Crippen LogP contribution < -0.4 is 10.1 Å². The molecular weight excluding hydrogens is 328 g/mol. The molecule has 0 saturated carbocycles. The molecular formula is C21H22N2O3. The number of carbonyl (C=O) groups is 2. The maximum absolute atomic E-state index is 13.1. The van der Waals surface area contributed by atoms with Crippen molar-refractivity contribution in [1.29, 1.82) is 0 Å². The van der Waals surface area contributed by atoms with Gasteiger partial charge in [0.1, 0.15) is 17.9 Å². The number of benzene rings is 2. The minimum absolute atomic E-state index is 0.169. The number of ether oxygens (including phenoxy) is 1. The summed E-state index contributed by atoms with van der Waals surface area (Å²) in [6.07, 6.45) is 1.42. The third kappa shape index (κ3) is 2.46. The molecule has 2 aromatic carbocycles. The zero-order valence-corrected chi connectivity index (χ0v) is 15.0. The number of hydrogen-bond acceptors (Lipinski definition) is 3. The maximum atomic E-state index is 13.1. The van der Waals surface area contributed by atoms with Gasteiger partial charge >= 0.3 is 6.03 Å². The van der Waals surface area contributed by atoms with E-state index in [1.54, 1.807) is 0 Å². The summed E-state index contributed by atoms with van der Waals surface area (Å²) in [6, 6.07) is 13.5. The Bertz CT molecular complexity index is 872. The Morgan fingerprint density at radius 2 is 1.81 bits per heavy atom. The average Bonchev–Trinajstić information content (AvgIpc) is 3.11. The number of nitrogens with one attached hydrogen (secondary N) is 1. The van der Waals surface area contributed by atoms with E-state index in [2.05, 4.69) is 5.32 Å². The van der Waals surface area contributed by atoms with Crippen LogP contribution in [0.2, 0.25) is 0 Å². The van der Waals surface area contributed by atoms with Crippen LogP contribution in [0, 0.1) is 13.8 Å². The van der Waals surface area contributed by atoms with Crippen LogP contribution in [0.15, 0.2) is 42.5 Å². The van der Waals surface area contributed by atoms with E-state index in [1.807, 2.05) is 56.3 Å². The van der Waals surface area contributed by atoms with Gasteiger partial charge < -0.3 is 10.1 Å². The molecule has 1 aliphatic heterocycles. The molecule has 1 spiro atoms. The summed E-state index contributed by atoms with van der Waals surface area (Å²) in [5.74, 6) is 0.651. The Labute approximate surface area is 153 Å². The number of rotatable bonds is 4. The fraction of sp³-hybridized carbons (Fsp3) is 0.333. The van der Waals surface area contributed by atoms with Crippen molar-refractivity contribution in [2.45, 2.75) is 32.2 Å². The lowest BCUT2D eigenvalue weighted by molar-refractivity contribution is -0.131. The summed E-state index contributed by atoms with van der Waals surface area (Å²) in [6.45, 7) is 4.49. The monoisotopic (exact) mass is 350 g/mol. The van der Waals surface area contributed by atoms with Crippen LogP contribution in [-0.2, 0) is 16.8 Å². The predicted molar refractivity (Wildman–Crippen MR) is 98.1 cm³/mol. The van der Waals surface area contributed by atoms with Crippen LogP contribution in [0.1, 0.15) is 28.7 Å². The van der Waals surface area contributed by atoms with E-state index in [0.717, 1.165) is 34.4 Å². The number of fused-ring (bicyclic) bond motifs is 2. The highest BCUT2D eigenvalue weighted by atomic mass is 16.5. The van der Waals surface area contributed by atoms with E-state index in [1.165, 1.54) is 4.90 Å². The average molecular weight is 350 g/mol. The normalized spacial score (nSPS) is 21.2. The molecule has 0 radical (unpaired) electrons. The number of para-hydroxylation sites is 1. The Hall–Kier alpha value is -2.82. The molecule has 0 aromatic heterocycles. The van der Waals surface area contributed by atoms with E-state index in [4.69, 9.17) is 4.74 Å². The molecule has 5 heteroatoms. The fourth-order valence-corrected chi connectivity index (χ4v) is 4.06. The zero-order chi connectivity index (χ0) is 18.3. The van der Waals surface area contributed by atoms with Gasteiger partial charge in [0.15, 0.2) is 0 Å². The molecule has 4 rings (SSSR count). The number of amides is 3. The third-order valence-electron chi connectivity index (χ3n) is 5.39. The van der Waals surface area contributed by atoms with Crippen molar-refractivity contribution in [2.24, 2.45) is 0 Å². The van der Waals surface area contributed by atoms with Gasteiger partial charge in [0.05, 0.1) is 6.54 Å². The third-order valence-corrected chi connectivity index (χ3v) is 5.39. The molecule has 1 atom stereocenters. The minimum Gasteiger partial charge on any atom is -0.491 e. The van der Waals surface area contributed by atoms with Gasteiger partial charge in [-0.1, -0.05) is 42.5 Å². The summed E-state index contributed by atoms with van der Waals surface area (Å²) in [5, 5.41) is 2.94. The second kappa shape index (κ2) is 6.16. The first-order valence-electron chi connectivity index (χ1n) is 8.94. The molecule has 26 heavy (non-hydrogen) atoms. The van der Waals surface area contributed by atoms with Crippen LogP contribution in [0.4, 0.5) is 4.79 Å². The van der Waals surface area contributed by atoms with Crippen molar-refractivity contribution in [1.82, 2.24) is 10.2 Å². The van der Waals surface area contributed by atoms with Crippen molar-refractivity contribution in [3.05, 3.63) is 64.7 Å². The van der Waals surface area contributed by atoms with E-state index in [9.17, 15) is 9.59 Å². The molecule has 1 heterocycles. The first kappa shape index (κ1) is 16.6. The van der Waals surface area contributed by atoms with Crippen LogP contribution in [0.5, 0.6) is 5.75 Å². The fourth-order valence-electron chi connectivity index (χ4n) is 4.06. The van der Waals surface area contributed by atoms with Crippen molar-refractivity contribution in [3.63, 3.8) is 0 Å². The van der Waals surface area contributed by atoms with E-state index in [0.29, 0.717) is 6.42 Å². The lowest BCUT2D eigenvalue weighted by Gasteiger charge is -2.22. The number of nitrogens with zero attached hydrogens (tertiary/aromatic N) is 1. The molecule has 134 valence electrons. The van der Waals surface area contributed by atoms with Crippen LogP contribution in [0.25, 0.3) is 0 Å². The van der Waals surface area contributed by atoms with Crippen LogP contribution >= 0.6 is 0 Å². The Kier molecular flexibility index (Phi) is 3.94. The summed E-state index contributed by atoms with van der Waals surface area (Å²) in [7, 11) is 0. The summed E-state index contributed by atoms with van der Waals surface area (Å²) in [4.78, 5) is 26.8. The molecule has 1 unspecified atom stereocenters. The number of urea groups is 1. The lowest BCUT2D eigenvalue weighted by atomic mass is 9.92. The molecule has 2 aliphatic rings. The van der Waals surface area contributed by atoms with Crippen molar-refractivity contribution >= 4 is 11.9 Å². The quantitative estimate of drug-likeness (QED) is 0.862. The van der Waals surface area contributed by atoms with Gasteiger partial charge in [0.2, 0.25) is 0 Å². The summed E-state index contributed by atoms with van der Waals surface area (Å²) in [5.41, 5.74) is 3.25. The number of hydrogen-bond donors (Lipinski definition) is 1. The number of imide groups is 1. The van der Waals surface area contributed by atoms with Gasteiger partial charge in [-0.3, -0.25) is 9.69 Å². The van der Waals surface area contributed by atoms with Gasteiger partial charge in [0, 0.05) is 0 Å². The topological polar surface area (TPSA) is 58.6 Å². The van der Waals surface area contributed by atoms with Crippen LogP contribution in [0.3, 0.4) is 0 Å². The highest BCUT2D eigenvalue weighted by molar-refractivity contribution is 6.08. The molecule has 1 aliphatic carbocycles. The zero-order valence-electron chi connectivity index (χ0n) is 15.0. The number of carbonyl (C=O) groups excluding carboxylic acids is 2. The number of aryl methyl sites for hydroxylation is 3. The Morgan fingerprint density at radius 3 is 2.58 bits per heavy atom. The molecule has 5 nitrogen and oxygen atoms in total. The standard InChI is InChI=1S/C21H22N2O3/c1-14-6-5-7-15(2)18(14)26-13-12-23-19(24)21(22-20(23)25)11-10-16-8-3-4-9-17(16)21/h3-9H,10-13H2,1-2H3,(H,22,25). The van der Waals surface area contributed by atoms with E-state index < -0.39 is 5.54 Å². The maximum Gasteiger partial charge on any atom is 0.325 e. The Balaban J connectivity index is 1.49. The van der Waals surface area contributed by atoms with Gasteiger partial charge in [-0.15, -0.1) is 0 Å². The molecule has 3 amide bonds. The SMILES string of the molecule is Cc1cccc(C)c1OCCN1C(=O)NC2(CCc3ccccc32)C1=O. The van der Waals surface area contributed by atoms with Gasteiger partial charge in [-0.25, -0.2) is 4.79 Å². The smallest absolute Gasteiger partial charge is 0.325 e. The largest absolute Gasteiger partial charge is 0.491 e.